The molecule has 1 N–H and O–H groups in total. The predicted molar refractivity (Wildman–Crippen MR) is 85.1 cm³/mol. The second-order valence-corrected chi connectivity index (χ2v) is 6.77. The van der Waals surface area contributed by atoms with E-state index in [9.17, 15) is 0 Å². The Hall–Kier alpha value is -0.120. The van der Waals surface area contributed by atoms with Crippen LogP contribution in [0, 0.1) is 11.8 Å². The highest BCUT2D eigenvalue weighted by Crippen LogP contribution is 2.36. The monoisotopic (exact) mass is 282 g/mol. The summed E-state index contributed by atoms with van der Waals surface area (Å²) >= 11 is 0. The van der Waals surface area contributed by atoms with E-state index in [1.807, 2.05) is 7.11 Å². The Morgan fingerprint density at radius 2 is 1.85 bits per heavy atom. The number of hydrogen-bond donors (Lipinski definition) is 1. The van der Waals surface area contributed by atoms with Gasteiger partial charge in [-0.15, -0.1) is 0 Å². The summed E-state index contributed by atoms with van der Waals surface area (Å²) in [6.45, 7) is 8.91. The summed E-state index contributed by atoms with van der Waals surface area (Å²) in [5.41, 5.74) is 0. The summed E-state index contributed by atoms with van der Waals surface area (Å²) in [5, 5.41) is 3.76. The van der Waals surface area contributed by atoms with E-state index < -0.39 is 0 Å². The van der Waals surface area contributed by atoms with Crippen molar-refractivity contribution < 1.29 is 4.74 Å². The van der Waals surface area contributed by atoms with Crippen molar-refractivity contribution in [3.63, 3.8) is 0 Å². The Bertz CT molecular complexity index is 262. The molecule has 0 spiro atoms. The third-order valence-corrected chi connectivity index (χ3v) is 5.33. The van der Waals surface area contributed by atoms with Gasteiger partial charge in [-0.3, -0.25) is 4.90 Å². The van der Waals surface area contributed by atoms with E-state index >= 15 is 0 Å². The van der Waals surface area contributed by atoms with Gasteiger partial charge in [-0.25, -0.2) is 0 Å². The fourth-order valence-electron chi connectivity index (χ4n) is 3.80. The second kappa shape index (κ2) is 8.35. The molecular weight excluding hydrogens is 248 g/mol. The largest absolute Gasteiger partial charge is 0.383 e. The molecule has 2 saturated carbocycles. The molecule has 3 nitrogen and oxygen atoms in total. The van der Waals surface area contributed by atoms with E-state index in [2.05, 4.69) is 24.1 Å². The topological polar surface area (TPSA) is 24.5 Å². The third-order valence-electron chi connectivity index (χ3n) is 5.33. The molecular formula is C17H34N2O. The van der Waals surface area contributed by atoms with Gasteiger partial charge < -0.3 is 10.1 Å². The van der Waals surface area contributed by atoms with Crippen LogP contribution in [0.2, 0.25) is 0 Å². The molecule has 118 valence electrons. The van der Waals surface area contributed by atoms with Gasteiger partial charge in [0.25, 0.3) is 0 Å². The molecule has 20 heavy (non-hydrogen) atoms. The minimum Gasteiger partial charge on any atom is -0.383 e. The normalized spacial score (nSPS) is 23.4. The number of hydrogen-bond acceptors (Lipinski definition) is 3. The van der Waals surface area contributed by atoms with Gasteiger partial charge in [-0.1, -0.05) is 19.8 Å². The van der Waals surface area contributed by atoms with Crippen LogP contribution in [0.25, 0.3) is 0 Å². The lowest BCUT2D eigenvalue weighted by atomic mass is 9.96. The Kier molecular flexibility index (Phi) is 6.79. The summed E-state index contributed by atoms with van der Waals surface area (Å²) in [6, 6.07) is 1.41. The van der Waals surface area contributed by atoms with Crippen LogP contribution in [0.3, 0.4) is 0 Å². The van der Waals surface area contributed by atoms with Gasteiger partial charge in [0.2, 0.25) is 0 Å². The molecule has 0 bridgehead atoms. The van der Waals surface area contributed by atoms with Gasteiger partial charge in [0.1, 0.15) is 0 Å². The Morgan fingerprint density at radius 1 is 1.15 bits per heavy atom. The minimum absolute atomic E-state index is 0.681. The predicted octanol–water partition coefficient (Wildman–Crippen LogP) is 2.90. The van der Waals surface area contributed by atoms with Crippen LogP contribution < -0.4 is 5.32 Å². The lowest BCUT2D eigenvalue weighted by molar-refractivity contribution is 0.100. The summed E-state index contributed by atoms with van der Waals surface area (Å²) in [5.74, 6) is 1.84. The van der Waals surface area contributed by atoms with Crippen LogP contribution in [-0.4, -0.2) is 50.3 Å². The van der Waals surface area contributed by atoms with Crippen LogP contribution >= 0.6 is 0 Å². The molecule has 0 aliphatic heterocycles. The summed E-state index contributed by atoms with van der Waals surface area (Å²) in [7, 11) is 1.82. The van der Waals surface area contributed by atoms with Crippen molar-refractivity contribution in [2.45, 2.75) is 64.5 Å². The number of rotatable bonds is 10. The molecule has 2 atom stereocenters. The van der Waals surface area contributed by atoms with Crippen molar-refractivity contribution >= 4 is 0 Å². The van der Waals surface area contributed by atoms with Crippen molar-refractivity contribution in [2.24, 2.45) is 11.8 Å². The molecule has 0 saturated heterocycles. The van der Waals surface area contributed by atoms with E-state index in [0.717, 1.165) is 37.6 Å². The molecule has 0 aromatic carbocycles. The highest BCUT2D eigenvalue weighted by molar-refractivity contribution is 4.89. The molecule has 0 amide bonds. The molecule has 0 aromatic heterocycles. The Morgan fingerprint density at radius 3 is 2.40 bits per heavy atom. The summed E-state index contributed by atoms with van der Waals surface area (Å²) < 4.78 is 5.33. The average Bonchev–Trinajstić information content (AvgIpc) is 3.16. The molecule has 2 unspecified atom stereocenters. The summed E-state index contributed by atoms with van der Waals surface area (Å²) in [4.78, 5) is 2.69. The second-order valence-electron chi connectivity index (χ2n) is 6.77. The molecule has 3 heteroatoms. The van der Waals surface area contributed by atoms with Crippen molar-refractivity contribution in [1.29, 1.82) is 0 Å². The van der Waals surface area contributed by atoms with Crippen molar-refractivity contribution in [2.75, 3.05) is 33.4 Å². The Labute approximate surface area is 125 Å². The van der Waals surface area contributed by atoms with E-state index in [-0.39, 0.29) is 0 Å². The molecule has 0 aromatic rings. The van der Waals surface area contributed by atoms with Crippen molar-refractivity contribution in [3.05, 3.63) is 0 Å². The number of nitrogens with zero attached hydrogens (tertiary/aromatic N) is 1. The first kappa shape index (κ1) is 16.3. The number of nitrogens with one attached hydrogen (secondary N) is 1. The van der Waals surface area contributed by atoms with Crippen LogP contribution in [-0.2, 0) is 4.74 Å². The van der Waals surface area contributed by atoms with Gasteiger partial charge in [-0.05, 0) is 51.0 Å². The first-order valence-electron chi connectivity index (χ1n) is 8.72. The third kappa shape index (κ3) is 4.71. The van der Waals surface area contributed by atoms with Gasteiger partial charge >= 0.3 is 0 Å². The number of likely N-dealkylation sites (N-methyl/N-ethyl adjacent to an activating group) is 1. The first-order chi connectivity index (χ1) is 9.76. The van der Waals surface area contributed by atoms with Crippen LogP contribution in [0.4, 0.5) is 0 Å². The van der Waals surface area contributed by atoms with E-state index in [0.29, 0.717) is 6.04 Å². The van der Waals surface area contributed by atoms with E-state index in [1.165, 1.54) is 45.1 Å². The number of ether oxygens (including phenoxy) is 1. The van der Waals surface area contributed by atoms with Gasteiger partial charge in [0.05, 0.1) is 6.61 Å². The maximum atomic E-state index is 5.33. The van der Waals surface area contributed by atoms with Crippen LogP contribution in [0.5, 0.6) is 0 Å². The smallest absolute Gasteiger partial charge is 0.0589 e. The molecule has 0 heterocycles. The molecule has 2 aliphatic carbocycles. The molecule has 2 fully saturated rings. The minimum atomic E-state index is 0.681. The number of methoxy groups -OCH3 is 1. The van der Waals surface area contributed by atoms with Crippen molar-refractivity contribution in [1.82, 2.24) is 10.2 Å². The van der Waals surface area contributed by atoms with Crippen LogP contribution in [0.1, 0.15) is 52.4 Å². The van der Waals surface area contributed by atoms with Gasteiger partial charge in [0.15, 0.2) is 0 Å². The quantitative estimate of drug-likeness (QED) is 0.667. The molecule has 0 radical (unpaired) electrons. The summed E-state index contributed by atoms with van der Waals surface area (Å²) in [6.07, 6.45) is 8.58. The zero-order valence-electron chi connectivity index (χ0n) is 13.7. The highest BCUT2D eigenvalue weighted by atomic mass is 16.5. The maximum absolute atomic E-state index is 5.33. The molecule has 2 aliphatic rings. The first-order valence-corrected chi connectivity index (χ1v) is 8.72. The zero-order chi connectivity index (χ0) is 14.4. The maximum Gasteiger partial charge on any atom is 0.0589 e. The van der Waals surface area contributed by atoms with Crippen molar-refractivity contribution in [3.8, 4) is 0 Å². The fraction of sp³-hybridized carbons (Fsp3) is 1.00. The van der Waals surface area contributed by atoms with Gasteiger partial charge in [-0.2, -0.15) is 0 Å². The SMILES string of the molecule is CCNC(CN(CCOC)C(C)C1CC1)C1CCCC1. The lowest BCUT2D eigenvalue weighted by Gasteiger charge is -2.35. The fourth-order valence-corrected chi connectivity index (χ4v) is 3.80. The average molecular weight is 282 g/mol. The lowest BCUT2D eigenvalue weighted by Crippen LogP contribution is -2.49. The van der Waals surface area contributed by atoms with E-state index in [1.54, 1.807) is 0 Å². The van der Waals surface area contributed by atoms with E-state index in [4.69, 9.17) is 4.74 Å². The highest BCUT2D eigenvalue weighted by Gasteiger charge is 2.34. The van der Waals surface area contributed by atoms with Crippen LogP contribution in [0.15, 0.2) is 0 Å². The zero-order valence-corrected chi connectivity index (χ0v) is 13.7. The Balaban J connectivity index is 1.90. The molecule has 2 rings (SSSR count). The van der Waals surface area contributed by atoms with Gasteiger partial charge in [0, 0.05) is 32.3 Å². The standard InChI is InChI=1S/C17H34N2O/c1-4-18-17(16-7-5-6-8-16)13-19(11-12-20-3)14(2)15-9-10-15/h14-18H,4-13H2,1-3H3.